The average Bonchev–Trinajstić information content (AvgIpc) is 2.61. The molecule has 1 fully saturated rings. The van der Waals surface area contributed by atoms with Gasteiger partial charge in [0.25, 0.3) is 5.91 Å². The number of anilines is 1. The Kier molecular flexibility index (Phi) is 6.15. The van der Waals surface area contributed by atoms with Crippen LogP contribution in [0, 0.1) is 11.3 Å². The maximum absolute atomic E-state index is 12.4. The van der Waals surface area contributed by atoms with Crippen LogP contribution in [0.25, 0.3) is 0 Å². The first-order valence-corrected chi connectivity index (χ1v) is 8.12. The van der Waals surface area contributed by atoms with Crippen LogP contribution in [-0.2, 0) is 9.53 Å². The van der Waals surface area contributed by atoms with Crippen molar-refractivity contribution in [2.24, 2.45) is 0 Å². The lowest BCUT2D eigenvalue weighted by Gasteiger charge is -2.34. The van der Waals surface area contributed by atoms with E-state index in [1.54, 1.807) is 36.1 Å². The first-order valence-electron chi connectivity index (χ1n) is 8.12. The summed E-state index contributed by atoms with van der Waals surface area (Å²) in [6, 6.07) is 8.67. The fourth-order valence-corrected chi connectivity index (χ4v) is 2.73. The second kappa shape index (κ2) is 8.31. The molecule has 1 aliphatic rings. The first-order chi connectivity index (χ1) is 11.5. The van der Waals surface area contributed by atoms with Crippen LogP contribution in [0.15, 0.2) is 24.3 Å². The molecule has 7 heteroatoms. The first kappa shape index (κ1) is 17.8. The van der Waals surface area contributed by atoms with Gasteiger partial charge in [0.05, 0.1) is 44.4 Å². The molecule has 1 aromatic carbocycles. The number of ether oxygens (including phenoxy) is 1. The molecule has 1 aromatic rings. The quantitative estimate of drug-likeness (QED) is 0.828. The standard InChI is InChI=1S/C17H22N4O3/c1-3-24-17(23)21-9-7-20(8-10-21)13(2)16(22)19-15-6-4-5-14(11-15)12-18/h4-6,11,13H,3,7-10H2,1-2H3,(H,19,22)/p+1/t13-/m1/s1. The summed E-state index contributed by atoms with van der Waals surface area (Å²) in [6.45, 7) is 6.58. The fraction of sp³-hybridized carbons (Fsp3) is 0.471. The minimum absolute atomic E-state index is 0.0929. The highest BCUT2D eigenvalue weighted by molar-refractivity contribution is 5.93. The molecule has 128 valence electrons. The number of benzene rings is 1. The van der Waals surface area contributed by atoms with Gasteiger partial charge in [-0.15, -0.1) is 0 Å². The van der Waals surface area contributed by atoms with Crippen molar-refractivity contribution in [2.45, 2.75) is 19.9 Å². The van der Waals surface area contributed by atoms with E-state index in [4.69, 9.17) is 10.00 Å². The SMILES string of the molecule is CCOC(=O)N1CC[NH+]([C@H](C)C(=O)Nc2cccc(C#N)c2)CC1. The zero-order valence-electron chi connectivity index (χ0n) is 14.0. The molecule has 1 heterocycles. The Labute approximate surface area is 141 Å². The van der Waals surface area contributed by atoms with Crippen molar-refractivity contribution in [3.05, 3.63) is 29.8 Å². The molecule has 1 aliphatic heterocycles. The summed E-state index contributed by atoms with van der Waals surface area (Å²) in [7, 11) is 0. The second-order valence-electron chi connectivity index (χ2n) is 5.75. The summed E-state index contributed by atoms with van der Waals surface area (Å²) in [5.74, 6) is -0.0929. The van der Waals surface area contributed by atoms with Crippen molar-refractivity contribution in [3.8, 4) is 6.07 Å². The van der Waals surface area contributed by atoms with Crippen LogP contribution in [0.3, 0.4) is 0 Å². The average molecular weight is 331 g/mol. The molecule has 0 unspecified atom stereocenters. The summed E-state index contributed by atoms with van der Waals surface area (Å²) >= 11 is 0. The van der Waals surface area contributed by atoms with E-state index in [-0.39, 0.29) is 18.0 Å². The fourth-order valence-electron chi connectivity index (χ4n) is 2.73. The van der Waals surface area contributed by atoms with Crippen molar-refractivity contribution in [3.63, 3.8) is 0 Å². The molecule has 2 rings (SSSR count). The highest BCUT2D eigenvalue weighted by atomic mass is 16.6. The van der Waals surface area contributed by atoms with Gasteiger partial charge >= 0.3 is 6.09 Å². The normalized spacial score (nSPS) is 16.1. The number of hydrogen-bond acceptors (Lipinski definition) is 4. The molecule has 24 heavy (non-hydrogen) atoms. The number of nitriles is 1. The lowest BCUT2D eigenvalue weighted by Crippen LogP contribution is -3.19. The molecular weight excluding hydrogens is 308 g/mol. The lowest BCUT2D eigenvalue weighted by atomic mass is 10.2. The molecule has 2 amide bonds. The van der Waals surface area contributed by atoms with Crippen LogP contribution in [0.1, 0.15) is 19.4 Å². The zero-order valence-corrected chi connectivity index (χ0v) is 14.0. The Morgan fingerprint density at radius 3 is 2.75 bits per heavy atom. The maximum atomic E-state index is 12.4. The van der Waals surface area contributed by atoms with Gasteiger partial charge in [-0.1, -0.05) is 6.07 Å². The van der Waals surface area contributed by atoms with Crippen LogP contribution in [0.2, 0.25) is 0 Å². The molecule has 0 aromatic heterocycles. The van der Waals surface area contributed by atoms with Gasteiger partial charge in [-0.2, -0.15) is 5.26 Å². The number of nitrogens with one attached hydrogen (secondary N) is 2. The van der Waals surface area contributed by atoms with E-state index >= 15 is 0 Å². The Bertz CT molecular complexity index is 633. The van der Waals surface area contributed by atoms with Crippen LogP contribution in [-0.4, -0.2) is 55.7 Å². The van der Waals surface area contributed by atoms with Gasteiger partial charge < -0.3 is 15.0 Å². The predicted octanol–water partition coefficient (Wildman–Crippen LogP) is 0.242. The second-order valence-corrected chi connectivity index (χ2v) is 5.75. The largest absolute Gasteiger partial charge is 0.450 e. The molecular formula is C17H23N4O3+. The van der Waals surface area contributed by atoms with Crippen molar-refractivity contribution < 1.29 is 19.2 Å². The Morgan fingerprint density at radius 1 is 1.42 bits per heavy atom. The van der Waals surface area contributed by atoms with Crippen LogP contribution >= 0.6 is 0 Å². The molecule has 0 bridgehead atoms. The van der Waals surface area contributed by atoms with E-state index in [0.29, 0.717) is 44.0 Å². The van der Waals surface area contributed by atoms with Gasteiger partial charge in [-0.05, 0) is 32.0 Å². The smallest absolute Gasteiger partial charge is 0.410 e. The van der Waals surface area contributed by atoms with Gasteiger partial charge in [0, 0.05) is 5.69 Å². The molecule has 0 radical (unpaired) electrons. The van der Waals surface area contributed by atoms with E-state index in [1.807, 2.05) is 6.92 Å². The van der Waals surface area contributed by atoms with Crippen molar-refractivity contribution in [1.29, 1.82) is 5.26 Å². The van der Waals surface area contributed by atoms with Gasteiger partial charge in [-0.25, -0.2) is 4.79 Å². The third-order valence-corrected chi connectivity index (χ3v) is 4.20. The number of amides is 2. The van der Waals surface area contributed by atoms with Gasteiger partial charge in [-0.3, -0.25) is 9.69 Å². The summed E-state index contributed by atoms with van der Waals surface area (Å²) in [5, 5.41) is 11.8. The van der Waals surface area contributed by atoms with Gasteiger partial charge in [0.2, 0.25) is 0 Å². The van der Waals surface area contributed by atoms with Crippen LogP contribution < -0.4 is 10.2 Å². The number of hydrogen-bond donors (Lipinski definition) is 2. The van der Waals surface area contributed by atoms with E-state index in [1.165, 1.54) is 0 Å². The van der Waals surface area contributed by atoms with Crippen LogP contribution in [0.4, 0.5) is 10.5 Å². The summed E-state index contributed by atoms with van der Waals surface area (Å²) in [5.41, 5.74) is 1.13. The molecule has 7 nitrogen and oxygen atoms in total. The Morgan fingerprint density at radius 2 is 2.12 bits per heavy atom. The Hall–Kier alpha value is -2.59. The third-order valence-electron chi connectivity index (χ3n) is 4.20. The maximum Gasteiger partial charge on any atom is 0.410 e. The summed E-state index contributed by atoms with van der Waals surface area (Å²) in [4.78, 5) is 26.9. The predicted molar refractivity (Wildman–Crippen MR) is 88.5 cm³/mol. The minimum atomic E-state index is -0.290. The third kappa shape index (κ3) is 4.46. The summed E-state index contributed by atoms with van der Waals surface area (Å²) in [6.07, 6.45) is -0.290. The summed E-state index contributed by atoms with van der Waals surface area (Å²) < 4.78 is 5.00. The molecule has 1 atom stereocenters. The number of nitrogens with zero attached hydrogens (tertiary/aromatic N) is 2. The topological polar surface area (TPSA) is 86.9 Å². The monoisotopic (exact) mass is 331 g/mol. The highest BCUT2D eigenvalue weighted by Crippen LogP contribution is 2.09. The van der Waals surface area contributed by atoms with Crippen molar-refractivity contribution >= 4 is 17.7 Å². The van der Waals surface area contributed by atoms with E-state index in [0.717, 1.165) is 4.90 Å². The number of carbonyl (C=O) groups excluding carboxylic acids is 2. The molecule has 0 saturated carbocycles. The number of piperazine rings is 1. The van der Waals surface area contributed by atoms with E-state index in [9.17, 15) is 9.59 Å². The van der Waals surface area contributed by atoms with Crippen molar-refractivity contribution in [1.82, 2.24) is 4.90 Å². The molecule has 1 saturated heterocycles. The minimum Gasteiger partial charge on any atom is -0.450 e. The lowest BCUT2D eigenvalue weighted by molar-refractivity contribution is -0.917. The zero-order chi connectivity index (χ0) is 17.5. The Balaban J connectivity index is 1.88. The number of carbonyl (C=O) groups is 2. The molecule has 2 N–H and O–H groups in total. The number of rotatable bonds is 4. The van der Waals surface area contributed by atoms with E-state index in [2.05, 4.69) is 11.4 Å². The van der Waals surface area contributed by atoms with E-state index < -0.39 is 0 Å². The van der Waals surface area contributed by atoms with Gasteiger partial charge in [0.15, 0.2) is 6.04 Å². The highest BCUT2D eigenvalue weighted by Gasteiger charge is 2.31. The van der Waals surface area contributed by atoms with Crippen molar-refractivity contribution in [2.75, 3.05) is 38.1 Å². The number of quaternary nitrogens is 1. The molecule has 0 aliphatic carbocycles. The molecule has 0 spiro atoms. The van der Waals surface area contributed by atoms with Crippen LogP contribution in [0.5, 0.6) is 0 Å². The van der Waals surface area contributed by atoms with Gasteiger partial charge in [0.1, 0.15) is 0 Å².